The van der Waals surface area contributed by atoms with Crippen LogP contribution < -0.4 is 4.72 Å². The van der Waals surface area contributed by atoms with Gasteiger partial charge in [-0.15, -0.1) is 0 Å². The maximum Gasteiger partial charge on any atom is 0.335 e. The molecule has 162 valence electrons. The van der Waals surface area contributed by atoms with Gasteiger partial charge in [0.25, 0.3) is 0 Å². The number of rotatable bonds is 7. The van der Waals surface area contributed by atoms with Gasteiger partial charge in [-0.2, -0.15) is 4.72 Å². The van der Waals surface area contributed by atoms with Gasteiger partial charge in [-0.3, -0.25) is 9.59 Å². The van der Waals surface area contributed by atoms with Crippen molar-refractivity contribution in [1.29, 1.82) is 0 Å². The van der Waals surface area contributed by atoms with Gasteiger partial charge >= 0.3 is 11.9 Å². The highest BCUT2D eigenvalue weighted by molar-refractivity contribution is 7.89. The van der Waals surface area contributed by atoms with Crippen molar-refractivity contribution < 1.29 is 37.1 Å². The van der Waals surface area contributed by atoms with Crippen molar-refractivity contribution in [3.8, 4) is 0 Å². The van der Waals surface area contributed by atoms with Gasteiger partial charge in [0.05, 0.1) is 18.1 Å². The highest BCUT2D eigenvalue weighted by Crippen LogP contribution is 2.29. The predicted molar refractivity (Wildman–Crippen MR) is 107 cm³/mol. The average molecular weight is 445 g/mol. The number of sulfonamides is 1. The largest absolute Gasteiger partial charge is 0.464 e. The summed E-state index contributed by atoms with van der Waals surface area (Å²) in [6.07, 6.45) is 0. The van der Waals surface area contributed by atoms with E-state index in [2.05, 4.69) is 0 Å². The Hall–Kier alpha value is -3.37. The first-order chi connectivity index (χ1) is 14.7. The molecule has 0 saturated carbocycles. The number of hydrogen-bond donors (Lipinski definition) is 1. The molecule has 3 rings (SSSR count). The van der Waals surface area contributed by atoms with Crippen LogP contribution in [-0.4, -0.2) is 51.2 Å². The van der Waals surface area contributed by atoms with Crippen molar-refractivity contribution in [2.75, 3.05) is 13.2 Å². The van der Waals surface area contributed by atoms with Gasteiger partial charge < -0.3 is 9.47 Å². The van der Waals surface area contributed by atoms with Crippen LogP contribution in [0.3, 0.4) is 0 Å². The molecule has 0 bridgehead atoms. The molecule has 0 radical (unpaired) electrons. The Kier molecular flexibility index (Phi) is 6.32. The lowest BCUT2D eigenvalue weighted by atomic mass is 9.84. The summed E-state index contributed by atoms with van der Waals surface area (Å²) in [7, 11) is -4.45. The zero-order chi connectivity index (χ0) is 22.8. The van der Waals surface area contributed by atoms with Crippen molar-refractivity contribution in [3.05, 3.63) is 64.7 Å². The number of esters is 2. The summed E-state index contributed by atoms with van der Waals surface area (Å²) in [5, 5.41) is 0. The molecule has 0 aliphatic heterocycles. The number of hydrogen-bond acceptors (Lipinski definition) is 8. The molecule has 31 heavy (non-hydrogen) atoms. The summed E-state index contributed by atoms with van der Waals surface area (Å²) in [5.74, 6) is -3.15. The van der Waals surface area contributed by atoms with E-state index in [4.69, 9.17) is 9.47 Å². The van der Waals surface area contributed by atoms with E-state index >= 15 is 0 Å². The fraction of sp³-hybridized carbons (Fsp3) is 0.238. The van der Waals surface area contributed by atoms with Crippen molar-refractivity contribution in [2.45, 2.75) is 24.8 Å². The molecule has 0 heterocycles. The highest BCUT2D eigenvalue weighted by Gasteiger charge is 2.36. The molecule has 9 nitrogen and oxygen atoms in total. The van der Waals surface area contributed by atoms with Crippen LogP contribution in [0, 0.1) is 0 Å². The molecule has 0 saturated heterocycles. The third-order valence-corrected chi connectivity index (χ3v) is 5.95. The third-order valence-electron chi connectivity index (χ3n) is 4.52. The van der Waals surface area contributed by atoms with Crippen molar-refractivity contribution in [2.24, 2.45) is 0 Å². The maximum absolute atomic E-state index is 12.9. The minimum atomic E-state index is -4.45. The number of carbonyl (C=O) groups excluding carboxylic acids is 4. The first kappa shape index (κ1) is 22.3. The number of ketones is 2. The molecule has 0 atom stereocenters. The summed E-state index contributed by atoms with van der Waals surface area (Å²) >= 11 is 0. The molecule has 10 heteroatoms. The third kappa shape index (κ3) is 4.25. The van der Waals surface area contributed by atoms with Crippen molar-refractivity contribution in [3.63, 3.8) is 0 Å². The fourth-order valence-electron chi connectivity index (χ4n) is 3.11. The van der Waals surface area contributed by atoms with Crippen LogP contribution in [0.1, 0.15) is 45.7 Å². The summed E-state index contributed by atoms with van der Waals surface area (Å²) in [6.45, 7) is 2.84. The van der Waals surface area contributed by atoms with E-state index in [1.54, 1.807) is 12.1 Å². The second kappa shape index (κ2) is 8.78. The van der Waals surface area contributed by atoms with Crippen LogP contribution in [0.15, 0.2) is 47.4 Å². The van der Waals surface area contributed by atoms with E-state index in [0.717, 1.165) is 12.1 Å². The van der Waals surface area contributed by atoms with Gasteiger partial charge in [0.15, 0.2) is 11.6 Å². The Morgan fingerprint density at radius 3 is 1.84 bits per heavy atom. The fourth-order valence-corrected chi connectivity index (χ4v) is 4.27. The lowest BCUT2D eigenvalue weighted by Gasteiger charge is -2.19. The molecule has 1 aliphatic rings. The van der Waals surface area contributed by atoms with Gasteiger partial charge in [-0.25, -0.2) is 18.0 Å². The van der Waals surface area contributed by atoms with E-state index in [-0.39, 0.29) is 35.5 Å². The van der Waals surface area contributed by atoms with Crippen LogP contribution in [0.25, 0.3) is 0 Å². The second-order valence-corrected chi connectivity index (χ2v) is 8.18. The van der Waals surface area contributed by atoms with Crippen LogP contribution >= 0.6 is 0 Å². The SMILES string of the molecule is CCOC(=O)C(NS(=O)(=O)c1ccc2c(c1)C(=O)c1ccccc1C2=O)C(=O)OCC. The van der Waals surface area contributed by atoms with Crippen LogP contribution in [0.2, 0.25) is 0 Å². The number of benzene rings is 2. The Morgan fingerprint density at radius 1 is 0.839 bits per heavy atom. The molecule has 0 unspecified atom stereocenters. The van der Waals surface area contributed by atoms with E-state index in [0.29, 0.717) is 0 Å². The minimum absolute atomic E-state index is 0.0648. The Labute approximate surface area is 178 Å². The molecule has 0 amide bonds. The molecule has 1 aliphatic carbocycles. The molecular formula is C21H19NO8S. The van der Waals surface area contributed by atoms with Crippen LogP contribution in [0.5, 0.6) is 0 Å². The van der Waals surface area contributed by atoms with Gasteiger partial charge in [0.1, 0.15) is 0 Å². The second-order valence-electron chi connectivity index (χ2n) is 6.47. The molecule has 0 spiro atoms. The topological polar surface area (TPSA) is 133 Å². The zero-order valence-corrected chi connectivity index (χ0v) is 17.5. The van der Waals surface area contributed by atoms with Gasteiger partial charge in [0.2, 0.25) is 16.1 Å². The van der Waals surface area contributed by atoms with E-state index < -0.39 is 44.5 Å². The van der Waals surface area contributed by atoms with Crippen molar-refractivity contribution in [1.82, 2.24) is 4.72 Å². The number of nitrogens with one attached hydrogen (secondary N) is 1. The number of carbonyl (C=O) groups is 4. The molecular weight excluding hydrogens is 426 g/mol. The molecule has 0 aromatic heterocycles. The van der Waals surface area contributed by atoms with Crippen LogP contribution in [-0.2, 0) is 29.1 Å². The Balaban J connectivity index is 1.99. The minimum Gasteiger partial charge on any atom is -0.464 e. The van der Waals surface area contributed by atoms with E-state index in [1.807, 2.05) is 4.72 Å². The van der Waals surface area contributed by atoms with E-state index in [9.17, 15) is 27.6 Å². The van der Waals surface area contributed by atoms with Crippen molar-refractivity contribution >= 4 is 33.5 Å². The van der Waals surface area contributed by atoms with E-state index in [1.165, 1.54) is 32.0 Å². The average Bonchev–Trinajstić information content (AvgIpc) is 2.75. The zero-order valence-electron chi connectivity index (χ0n) is 16.7. The molecule has 2 aromatic carbocycles. The van der Waals surface area contributed by atoms with Gasteiger partial charge in [-0.05, 0) is 32.0 Å². The number of fused-ring (bicyclic) bond motifs is 2. The first-order valence-electron chi connectivity index (χ1n) is 9.39. The standard InChI is InChI=1S/C21H19NO8S/c1-3-29-20(25)17(21(26)30-4-2)22-31(27,28)12-9-10-15-16(11-12)19(24)14-8-6-5-7-13(14)18(15)23/h5-11,17,22H,3-4H2,1-2H3. The lowest BCUT2D eigenvalue weighted by Crippen LogP contribution is -2.48. The highest BCUT2D eigenvalue weighted by atomic mass is 32.2. The van der Waals surface area contributed by atoms with Gasteiger partial charge in [-0.1, -0.05) is 24.3 Å². The quantitative estimate of drug-likeness (QED) is 0.424. The Bertz CT molecular complexity index is 1170. The normalized spacial score (nSPS) is 12.9. The Morgan fingerprint density at radius 2 is 1.32 bits per heavy atom. The summed E-state index contributed by atoms with van der Waals surface area (Å²) in [6, 6.07) is 7.70. The molecule has 0 fully saturated rings. The molecule has 1 N–H and O–H groups in total. The molecule has 2 aromatic rings. The monoisotopic (exact) mass is 445 g/mol. The maximum atomic E-state index is 12.9. The van der Waals surface area contributed by atoms with Crippen LogP contribution in [0.4, 0.5) is 0 Å². The lowest BCUT2D eigenvalue weighted by molar-refractivity contribution is -0.157. The summed E-state index contributed by atoms with van der Waals surface area (Å²) in [4.78, 5) is 49.3. The smallest absolute Gasteiger partial charge is 0.335 e. The first-order valence-corrected chi connectivity index (χ1v) is 10.9. The predicted octanol–water partition coefficient (Wildman–Crippen LogP) is 1.24. The summed E-state index contributed by atoms with van der Waals surface area (Å²) in [5.41, 5.74) is 0.377. The number of ether oxygens (including phenoxy) is 2. The van der Waals surface area contributed by atoms with Gasteiger partial charge in [0, 0.05) is 22.3 Å². The summed E-state index contributed by atoms with van der Waals surface area (Å²) < 4.78 is 37.2.